The molecule has 1 aliphatic carbocycles. The first kappa shape index (κ1) is 19.6. The van der Waals surface area contributed by atoms with Gasteiger partial charge in [0.1, 0.15) is 0 Å². The number of fused-ring (bicyclic) bond motifs is 1. The van der Waals surface area contributed by atoms with Gasteiger partial charge >= 0.3 is 5.97 Å². The first-order valence-electron chi connectivity index (χ1n) is 9.64. The smallest absolute Gasteiger partial charge is 0.335 e. The Balaban J connectivity index is 1.64. The van der Waals surface area contributed by atoms with Crippen LogP contribution in [0.4, 0.5) is 11.4 Å². The second kappa shape index (κ2) is 7.59. The van der Waals surface area contributed by atoms with E-state index in [0.29, 0.717) is 18.5 Å². The topological polar surface area (TPSA) is 104 Å². The molecule has 2 atom stereocenters. The van der Waals surface area contributed by atoms with E-state index in [0.717, 1.165) is 10.5 Å². The minimum absolute atomic E-state index is 0.0397. The van der Waals surface area contributed by atoms with Crippen molar-refractivity contribution in [3.05, 3.63) is 71.3 Å². The number of hydrogen-bond donors (Lipinski definition) is 2. The van der Waals surface area contributed by atoms with Gasteiger partial charge in [-0.15, -0.1) is 0 Å². The fourth-order valence-electron chi connectivity index (χ4n) is 4.06. The van der Waals surface area contributed by atoms with Gasteiger partial charge in [0.05, 0.1) is 28.7 Å². The molecule has 2 aromatic carbocycles. The van der Waals surface area contributed by atoms with Crippen LogP contribution in [-0.4, -0.2) is 28.8 Å². The quantitative estimate of drug-likeness (QED) is 0.600. The summed E-state index contributed by atoms with van der Waals surface area (Å²) in [6, 6.07) is 12.3. The highest BCUT2D eigenvalue weighted by molar-refractivity contribution is 6.25. The maximum Gasteiger partial charge on any atom is 0.335 e. The monoisotopic (exact) mass is 404 g/mol. The standard InChI is InChI=1S/C23H20N2O5/c1-13-9-10-16-18(11-13)22(28)25(21(16)27)19-8-3-2-7-17(19)20(26)24-15-6-4-5-14(12-15)23(29)30/h2-9,12,16,18H,10-11H2,1H3,(H,24,26)(H,29,30)/t16-,18+/m1/s1. The van der Waals surface area contributed by atoms with Gasteiger partial charge in [0.15, 0.2) is 0 Å². The summed E-state index contributed by atoms with van der Waals surface area (Å²) in [7, 11) is 0. The third-order valence-electron chi connectivity index (χ3n) is 5.58. The number of carboxylic acid groups (broad SMARTS) is 1. The highest BCUT2D eigenvalue weighted by Gasteiger charge is 2.49. The zero-order chi connectivity index (χ0) is 21.4. The predicted molar refractivity (Wildman–Crippen MR) is 110 cm³/mol. The number of hydrogen-bond acceptors (Lipinski definition) is 4. The lowest BCUT2D eigenvalue weighted by Gasteiger charge is -2.19. The fraction of sp³-hybridized carbons (Fsp3) is 0.217. The Bertz CT molecular complexity index is 1100. The summed E-state index contributed by atoms with van der Waals surface area (Å²) in [5.74, 6) is -3.01. The first-order valence-corrected chi connectivity index (χ1v) is 9.64. The van der Waals surface area contributed by atoms with E-state index in [1.807, 2.05) is 13.0 Å². The van der Waals surface area contributed by atoms with Gasteiger partial charge in [0.25, 0.3) is 5.91 Å². The molecular formula is C23H20N2O5. The highest BCUT2D eigenvalue weighted by atomic mass is 16.4. The minimum Gasteiger partial charge on any atom is -0.478 e. The van der Waals surface area contributed by atoms with Crippen molar-refractivity contribution in [3.63, 3.8) is 0 Å². The van der Waals surface area contributed by atoms with Crippen molar-refractivity contribution in [3.8, 4) is 0 Å². The van der Waals surface area contributed by atoms with Gasteiger partial charge in [-0.05, 0) is 50.1 Å². The Hall–Kier alpha value is -3.74. The molecule has 0 spiro atoms. The summed E-state index contributed by atoms with van der Waals surface area (Å²) >= 11 is 0. The number of nitrogens with zero attached hydrogens (tertiary/aromatic N) is 1. The Kier molecular flexibility index (Phi) is 4.95. The number of carbonyl (C=O) groups excluding carboxylic acids is 3. The van der Waals surface area contributed by atoms with E-state index < -0.39 is 23.7 Å². The maximum atomic E-state index is 13.0. The largest absolute Gasteiger partial charge is 0.478 e. The summed E-state index contributed by atoms with van der Waals surface area (Å²) in [5.41, 5.74) is 1.85. The predicted octanol–water partition coefficient (Wildman–Crippen LogP) is 3.48. The van der Waals surface area contributed by atoms with Gasteiger partial charge in [0.2, 0.25) is 11.8 Å². The molecule has 4 rings (SSSR count). The Morgan fingerprint density at radius 2 is 1.77 bits per heavy atom. The van der Waals surface area contributed by atoms with Crippen LogP contribution in [0.15, 0.2) is 60.2 Å². The average Bonchev–Trinajstić information content (AvgIpc) is 2.97. The second-order valence-corrected chi connectivity index (χ2v) is 7.57. The van der Waals surface area contributed by atoms with Crippen LogP contribution in [0, 0.1) is 11.8 Å². The van der Waals surface area contributed by atoms with Crippen LogP contribution in [0.2, 0.25) is 0 Å². The molecule has 2 aromatic rings. The maximum absolute atomic E-state index is 13.0. The lowest BCUT2D eigenvalue weighted by Crippen LogP contribution is -2.33. The first-order chi connectivity index (χ1) is 14.4. The number of anilines is 2. The van der Waals surface area contributed by atoms with Gasteiger partial charge in [-0.3, -0.25) is 14.4 Å². The number of aromatic carboxylic acids is 1. The van der Waals surface area contributed by atoms with E-state index in [2.05, 4.69) is 5.32 Å². The lowest BCUT2D eigenvalue weighted by molar-refractivity contribution is -0.122. The molecular weight excluding hydrogens is 384 g/mol. The molecule has 0 bridgehead atoms. The molecule has 3 amide bonds. The van der Waals surface area contributed by atoms with Crippen molar-refractivity contribution in [2.45, 2.75) is 19.8 Å². The van der Waals surface area contributed by atoms with Crippen molar-refractivity contribution in [1.29, 1.82) is 0 Å². The van der Waals surface area contributed by atoms with Crippen molar-refractivity contribution < 1.29 is 24.3 Å². The Morgan fingerprint density at radius 3 is 2.53 bits per heavy atom. The zero-order valence-corrected chi connectivity index (χ0v) is 16.3. The second-order valence-electron chi connectivity index (χ2n) is 7.57. The van der Waals surface area contributed by atoms with Crippen LogP contribution < -0.4 is 10.2 Å². The Labute approximate surface area is 173 Å². The van der Waals surface area contributed by atoms with Crippen LogP contribution >= 0.6 is 0 Å². The summed E-state index contributed by atoms with van der Waals surface area (Å²) < 4.78 is 0. The van der Waals surface area contributed by atoms with Crippen LogP contribution in [0.5, 0.6) is 0 Å². The SMILES string of the molecule is CC1=CC[C@H]2C(=O)N(c3ccccc3C(=O)Nc3cccc(C(=O)O)c3)C(=O)[C@H]2C1. The molecule has 0 aromatic heterocycles. The molecule has 2 aliphatic rings. The number of imide groups is 1. The molecule has 0 saturated carbocycles. The minimum atomic E-state index is -1.11. The van der Waals surface area contributed by atoms with E-state index in [4.69, 9.17) is 5.11 Å². The van der Waals surface area contributed by atoms with E-state index in [1.54, 1.807) is 24.3 Å². The zero-order valence-electron chi connectivity index (χ0n) is 16.3. The van der Waals surface area contributed by atoms with Crippen LogP contribution in [-0.2, 0) is 9.59 Å². The number of carboxylic acids is 1. The van der Waals surface area contributed by atoms with Gasteiger partial charge < -0.3 is 10.4 Å². The number of para-hydroxylation sites is 1. The normalized spacial score (nSPS) is 20.6. The van der Waals surface area contributed by atoms with Gasteiger partial charge in [-0.1, -0.05) is 29.8 Å². The van der Waals surface area contributed by atoms with Gasteiger partial charge in [-0.2, -0.15) is 0 Å². The summed E-state index contributed by atoms with van der Waals surface area (Å²) in [5, 5.41) is 11.8. The van der Waals surface area contributed by atoms with Crippen molar-refractivity contribution in [2.75, 3.05) is 10.2 Å². The number of rotatable bonds is 4. The van der Waals surface area contributed by atoms with E-state index in [-0.39, 0.29) is 28.6 Å². The van der Waals surface area contributed by atoms with E-state index in [1.165, 1.54) is 24.3 Å². The molecule has 0 radical (unpaired) electrons. The average molecular weight is 404 g/mol. The number of benzene rings is 2. The lowest BCUT2D eigenvalue weighted by atomic mass is 9.82. The van der Waals surface area contributed by atoms with E-state index in [9.17, 15) is 19.2 Å². The summed E-state index contributed by atoms with van der Waals surface area (Å²) in [6.07, 6.45) is 3.06. The highest BCUT2D eigenvalue weighted by Crippen LogP contribution is 2.40. The third-order valence-corrected chi connectivity index (χ3v) is 5.58. The van der Waals surface area contributed by atoms with E-state index >= 15 is 0 Å². The molecule has 1 aliphatic heterocycles. The number of allylic oxidation sites excluding steroid dienone is 2. The molecule has 0 unspecified atom stereocenters. The van der Waals surface area contributed by atoms with Crippen molar-refractivity contribution >= 4 is 35.1 Å². The fourth-order valence-corrected chi connectivity index (χ4v) is 4.06. The molecule has 7 nitrogen and oxygen atoms in total. The molecule has 30 heavy (non-hydrogen) atoms. The van der Waals surface area contributed by atoms with Crippen LogP contribution in [0.1, 0.15) is 40.5 Å². The molecule has 2 N–H and O–H groups in total. The summed E-state index contributed by atoms with van der Waals surface area (Å²) in [6.45, 7) is 1.95. The number of amides is 3. The summed E-state index contributed by atoms with van der Waals surface area (Å²) in [4.78, 5) is 51.2. The third kappa shape index (κ3) is 3.39. The van der Waals surface area contributed by atoms with Gasteiger partial charge in [0, 0.05) is 5.69 Å². The molecule has 7 heteroatoms. The van der Waals surface area contributed by atoms with Crippen LogP contribution in [0.25, 0.3) is 0 Å². The van der Waals surface area contributed by atoms with Crippen LogP contribution in [0.3, 0.4) is 0 Å². The number of carbonyl (C=O) groups is 4. The van der Waals surface area contributed by atoms with Crippen molar-refractivity contribution in [1.82, 2.24) is 0 Å². The van der Waals surface area contributed by atoms with Gasteiger partial charge in [-0.25, -0.2) is 9.69 Å². The molecule has 1 fully saturated rings. The molecule has 1 heterocycles. The molecule has 1 saturated heterocycles. The molecule has 152 valence electrons. The number of nitrogens with one attached hydrogen (secondary N) is 1. The Morgan fingerprint density at radius 1 is 1.03 bits per heavy atom. The van der Waals surface area contributed by atoms with Crippen molar-refractivity contribution in [2.24, 2.45) is 11.8 Å².